The fourth-order valence-electron chi connectivity index (χ4n) is 3.07. The molecule has 1 saturated heterocycles. The zero-order chi connectivity index (χ0) is 17.4. The first-order chi connectivity index (χ1) is 12.1. The molecule has 0 bridgehead atoms. The number of halogens is 1. The Morgan fingerprint density at radius 2 is 2.00 bits per heavy atom. The molecule has 25 heavy (non-hydrogen) atoms. The summed E-state index contributed by atoms with van der Waals surface area (Å²) in [7, 11) is 0. The third kappa shape index (κ3) is 3.46. The van der Waals surface area contributed by atoms with Crippen molar-refractivity contribution in [2.24, 2.45) is 5.92 Å². The molecule has 4 rings (SSSR count). The van der Waals surface area contributed by atoms with Gasteiger partial charge in [0.15, 0.2) is 0 Å². The smallest absolute Gasteiger partial charge is 0.231 e. The van der Waals surface area contributed by atoms with Crippen molar-refractivity contribution in [1.82, 2.24) is 10.2 Å². The number of carbonyl (C=O) groups is 2. The van der Waals surface area contributed by atoms with E-state index in [1.165, 1.54) is 17.8 Å². The van der Waals surface area contributed by atoms with Crippen molar-refractivity contribution in [2.75, 3.05) is 16.8 Å². The second-order valence-corrected chi connectivity index (χ2v) is 8.37. The second-order valence-electron chi connectivity index (χ2n) is 6.44. The number of hydrogen-bond donors (Lipinski definition) is 1. The van der Waals surface area contributed by atoms with Crippen LogP contribution in [0.5, 0.6) is 0 Å². The van der Waals surface area contributed by atoms with Crippen molar-refractivity contribution in [3.05, 3.63) is 33.7 Å². The number of anilines is 2. The Labute approximate surface area is 157 Å². The van der Waals surface area contributed by atoms with Crippen molar-refractivity contribution < 1.29 is 9.59 Å². The summed E-state index contributed by atoms with van der Waals surface area (Å²) in [5.74, 6) is -0.0597. The molecular weight excluding hydrogens is 404 g/mol. The molecule has 2 amide bonds. The van der Waals surface area contributed by atoms with Gasteiger partial charge in [0.2, 0.25) is 16.9 Å². The molecule has 1 atom stereocenters. The number of nitrogens with one attached hydrogen (secondary N) is 1. The van der Waals surface area contributed by atoms with Gasteiger partial charge in [-0.2, -0.15) is 0 Å². The van der Waals surface area contributed by atoms with E-state index < -0.39 is 0 Å². The Kier molecular flexibility index (Phi) is 4.56. The lowest BCUT2D eigenvalue weighted by Crippen LogP contribution is -2.28. The highest BCUT2D eigenvalue weighted by Crippen LogP contribution is 2.38. The Morgan fingerprint density at radius 1 is 1.24 bits per heavy atom. The largest absolute Gasteiger partial charge is 0.312 e. The predicted octanol–water partition coefficient (Wildman–Crippen LogP) is 3.56. The van der Waals surface area contributed by atoms with Gasteiger partial charge in [-0.3, -0.25) is 9.59 Å². The van der Waals surface area contributed by atoms with Gasteiger partial charge in [-0.05, 0) is 37.1 Å². The number of benzene rings is 1. The summed E-state index contributed by atoms with van der Waals surface area (Å²) in [5.41, 5.74) is 0.812. The lowest BCUT2D eigenvalue weighted by molar-refractivity contribution is -0.122. The van der Waals surface area contributed by atoms with Crippen LogP contribution in [-0.2, 0) is 9.59 Å². The number of amides is 2. The topological polar surface area (TPSA) is 75.2 Å². The van der Waals surface area contributed by atoms with E-state index in [0.717, 1.165) is 28.0 Å². The maximum absolute atomic E-state index is 12.5. The van der Waals surface area contributed by atoms with Crippen LogP contribution in [0.2, 0.25) is 0 Å². The van der Waals surface area contributed by atoms with Crippen molar-refractivity contribution in [3.63, 3.8) is 0 Å². The summed E-state index contributed by atoms with van der Waals surface area (Å²) in [6.45, 7) is 0.389. The minimum absolute atomic E-state index is 0.0325. The number of nitrogens with zero attached hydrogens (tertiary/aromatic N) is 3. The zero-order valence-corrected chi connectivity index (χ0v) is 15.8. The molecule has 2 aromatic rings. The first-order valence-electron chi connectivity index (χ1n) is 8.30. The molecule has 8 heteroatoms. The molecule has 1 aliphatic carbocycles. The van der Waals surface area contributed by atoms with Crippen molar-refractivity contribution in [1.29, 1.82) is 0 Å². The molecule has 0 spiro atoms. The molecule has 1 aliphatic heterocycles. The van der Waals surface area contributed by atoms with Crippen LogP contribution in [0.15, 0.2) is 28.7 Å². The van der Waals surface area contributed by atoms with Crippen LogP contribution in [-0.4, -0.2) is 28.6 Å². The van der Waals surface area contributed by atoms with Gasteiger partial charge in [-0.1, -0.05) is 33.7 Å². The molecule has 1 aromatic carbocycles. The van der Waals surface area contributed by atoms with Gasteiger partial charge in [-0.25, -0.2) is 0 Å². The van der Waals surface area contributed by atoms with Crippen LogP contribution >= 0.6 is 27.3 Å². The third-order valence-corrected chi connectivity index (χ3v) is 6.29. The van der Waals surface area contributed by atoms with Gasteiger partial charge >= 0.3 is 0 Å². The summed E-state index contributed by atoms with van der Waals surface area (Å²) in [6, 6.07) is 7.52. The summed E-state index contributed by atoms with van der Waals surface area (Å²) in [4.78, 5) is 26.4. The molecule has 6 nitrogen and oxygen atoms in total. The van der Waals surface area contributed by atoms with Crippen LogP contribution in [0, 0.1) is 5.92 Å². The standard InChI is InChI=1S/C17H17BrN4O2S/c18-12-4-6-13(7-5-12)22-9-11(8-14(22)23)15(24)19-17-21-20-16(25-17)10-2-1-3-10/h4-7,10-11H,1-3,8-9H2,(H,19,21,24)/t11-/m1/s1. The molecule has 1 saturated carbocycles. The molecule has 2 fully saturated rings. The zero-order valence-electron chi connectivity index (χ0n) is 13.4. The van der Waals surface area contributed by atoms with E-state index in [4.69, 9.17) is 0 Å². The molecule has 130 valence electrons. The second kappa shape index (κ2) is 6.84. The predicted molar refractivity (Wildman–Crippen MR) is 99.7 cm³/mol. The van der Waals surface area contributed by atoms with Crippen LogP contribution in [0.25, 0.3) is 0 Å². The number of rotatable bonds is 4. The van der Waals surface area contributed by atoms with Gasteiger partial charge in [0, 0.05) is 29.0 Å². The highest BCUT2D eigenvalue weighted by Gasteiger charge is 2.35. The van der Waals surface area contributed by atoms with Gasteiger partial charge < -0.3 is 10.2 Å². The van der Waals surface area contributed by atoms with E-state index in [-0.39, 0.29) is 24.2 Å². The number of aromatic nitrogens is 2. The van der Waals surface area contributed by atoms with Crippen molar-refractivity contribution >= 4 is 49.9 Å². The molecule has 1 aromatic heterocycles. The minimum Gasteiger partial charge on any atom is -0.312 e. The van der Waals surface area contributed by atoms with Crippen LogP contribution in [0.4, 0.5) is 10.8 Å². The molecule has 2 aliphatic rings. The summed E-state index contributed by atoms with van der Waals surface area (Å²) >= 11 is 4.83. The summed E-state index contributed by atoms with van der Waals surface area (Å²) in [5, 5.41) is 12.6. The molecule has 0 radical (unpaired) electrons. The van der Waals surface area contributed by atoms with Crippen LogP contribution in [0.3, 0.4) is 0 Å². The fraction of sp³-hybridized carbons (Fsp3) is 0.412. The molecule has 0 unspecified atom stereocenters. The SMILES string of the molecule is O=C(Nc1nnc(C2CCC2)s1)[C@@H]1CC(=O)N(c2ccc(Br)cc2)C1. The van der Waals surface area contributed by atoms with E-state index in [1.807, 2.05) is 24.3 Å². The van der Waals surface area contributed by atoms with E-state index in [0.29, 0.717) is 17.6 Å². The van der Waals surface area contributed by atoms with Gasteiger partial charge in [0.1, 0.15) is 5.01 Å². The van der Waals surface area contributed by atoms with Crippen LogP contribution < -0.4 is 10.2 Å². The van der Waals surface area contributed by atoms with E-state index in [1.54, 1.807) is 4.90 Å². The van der Waals surface area contributed by atoms with Crippen LogP contribution in [0.1, 0.15) is 36.6 Å². The molecule has 2 heterocycles. The lowest BCUT2D eigenvalue weighted by Gasteiger charge is -2.21. The Morgan fingerprint density at radius 3 is 2.68 bits per heavy atom. The quantitative estimate of drug-likeness (QED) is 0.819. The Hall–Kier alpha value is -1.80. The average molecular weight is 421 g/mol. The van der Waals surface area contributed by atoms with Gasteiger partial charge in [-0.15, -0.1) is 10.2 Å². The maximum Gasteiger partial charge on any atom is 0.231 e. The van der Waals surface area contributed by atoms with Crippen molar-refractivity contribution in [3.8, 4) is 0 Å². The molecule has 1 N–H and O–H groups in total. The average Bonchev–Trinajstić information content (AvgIpc) is 3.14. The Bertz CT molecular complexity index is 803. The monoisotopic (exact) mass is 420 g/mol. The third-order valence-electron chi connectivity index (χ3n) is 4.76. The van der Waals surface area contributed by atoms with E-state index in [2.05, 4.69) is 31.4 Å². The van der Waals surface area contributed by atoms with E-state index in [9.17, 15) is 9.59 Å². The van der Waals surface area contributed by atoms with Gasteiger partial charge in [0.05, 0.1) is 5.92 Å². The first-order valence-corrected chi connectivity index (χ1v) is 9.91. The first kappa shape index (κ1) is 16.7. The van der Waals surface area contributed by atoms with Crippen molar-refractivity contribution in [2.45, 2.75) is 31.6 Å². The summed E-state index contributed by atoms with van der Waals surface area (Å²) in [6.07, 6.45) is 3.77. The molecular formula is C17H17BrN4O2S. The highest BCUT2D eigenvalue weighted by atomic mass is 79.9. The maximum atomic E-state index is 12.5. The number of hydrogen-bond acceptors (Lipinski definition) is 5. The number of carbonyl (C=O) groups excluding carboxylic acids is 2. The van der Waals surface area contributed by atoms with Gasteiger partial charge in [0.25, 0.3) is 0 Å². The Balaban J connectivity index is 1.40. The fourth-order valence-corrected chi connectivity index (χ4v) is 4.25. The van der Waals surface area contributed by atoms with E-state index >= 15 is 0 Å². The normalized spacial score (nSPS) is 20.6. The minimum atomic E-state index is -0.368. The highest BCUT2D eigenvalue weighted by molar-refractivity contribution is 9.10. The summed E-state index contributed by atoms with van der Waals surface area (Å²) < 4.78 is 0.954. The lowest BCUT2D eigenvalue weighted by atomic mass is 9.86.